The number of likely N-dealkylation sites (tertiary alicyclic amines) is 1. The summed E-state index contributed by atoms with van der Waals surface area (Å²) in [6.45, 7) is 0.537. The number of piperidine rings is 1. The number of carboxylic acids is 1. The Balaban J connectivity index is 2.09. The molecule has 0 aromatic heterocycles. The van der Waals surface area contributed by atoms with Gasteiger partial charge in [-0.1, -0.05) is 30.3 Å². The highest BCUT2D eigenvalue weighted by atomic mass is 32.1. The summed E-state index contributed by atoms with van der Waals surface area (Å²) in [6, 6.07) is 9.10. The minimum atomic E-state index is -0.902. The first-order chi connectivity index (χ1) is 10.1. The topological polar surface area (TPSA) is 57.6 Å². The fourth-order valence-corrected chi connectivity index (χ4v) is 3.10. The molecule has 0 bridgehead atoms. The van der Waals surface area contributed by atoms with Crippen molar-refractivity contribution in [3.63, 3.8) is 0 Å². The van der Waals surface area contributed by atoms with Crippen molar-refractivity contribution in [3.8, 4) is 0 Å². The van der Waals surface area contributed by atoms with E-state index in [1.807, 2.05) is 30.3 Å². The van der Waals surface area contributed by atoms with Crippen LogP contribution in [0.3, 0.4) is 0 Å². The second-order valence-corrected chi connectivity index (χ2v) is 5.82. The molecule has 0 spiro atoms. The zero-order valence-electron chi connectivity index (χ0n) is 11.9. The number of hydrogen-bond acceptors (Lipinski definition) is 3. The van der Waals surface area contributed by atoms with Gasteiger partial charge in [-0.25, -0.2) is 4.79 Å². The highest BCUT2D eigenvalue weighted by Gasteiger charge is 2.34. The molecule has 1 aliphatic heterocycles. The Morgan fingerprint density at radius 3 is 2.62 bits per heavy atom. The maximum atomic E-state index is 12.7. The largest absolute Gasteiger partial charge is 0.480 e. The van der Waals surface area contributed by atoms with Gasteiger partial charge in [-0.05, 0) is 31.2 Å². The molecule has 21 heavy (non-hydrogen) atoms. The number of hydrogen-bond donors (Lipinski definition) is 2. The minimum Gasteiger partial charge on any atom is -0.480 e. The second kappa shape index (κ2) is 7.50. The Labute approximate surface area is 130 Å². The predicted molar refractivity (Wildman–Crippen MR) is 84.5 cm³/mol. The third-order valence-corrected chi connectivity index (χ3v) is 4.41. The van der Waals surface area contributed by atoms with E-state index in [-0.39, 0.29) is 11.8 Å². The van der Waals surface area contributed by atoms with Crippen LogP contribution in [0.15, 0.2) is 30.3 Å². The Hall–Kier alpha value is -1.49. The van der Waals surface area contributed by atoms with Gasteiger partial charge in [-0.15, -0.1) is 0 Å². The number of aliphatic carboxylic acids is 1. The van der Waals surface area contributed by atoms with Crippen LogP contribution in [0.2, 0.25) is 0 Å². The number of rotatable bonds is 5. The van der Waals surface area contributed by atoms with Crippen molar-refractivity contribution in [3.05, 3.63) is 35.9 Å². The van der Waals surface area contributed by atoms with Gasteiger partial charge in [-0.3, -0.25) is 4.79 Å². The van der Waals surface area contributed by atoms with Crippen LogP contribution in [0.4, 0.5) is 0 Å². The number of carbonyl (C=O) groups excluding carboxylic acids is 1. The minimum absolute atomic E-state index is 0.0825. The summed E-state index contributed by atoms with van der Waals surface area (Å²) in [7, 11) is 0. The van der Waals surface area contributed by atoms with E-state index in [9.17, 15) is 14.7 Å². The third-order valence-electron chi connectivity index (χ3n) is 3.97. The van der Waals surface area contributed by atoms with Gasteiger partial charge >= 0.3 is 5.97 Å². The molecule has 1 heterocycles. The van der Waals surface area contributed by atoms with Gasteiger partial charge in [0.1, 0.15) is 6.04 Å². The van der Waals surface area contributed by atoms with E-state index in [2.05, 4.69) is 12.6 Å². The molecule has 1 aromatic rings. The average molecular weight is 307 g/mol. The predicted octanol–water partition coefficient (Wildman–Crippen LogP) is 2.24. The Bertz CT molecular complexity index is 492. The molecule has 1 aliphatic rings. The zero-order valence-corrected chi connectivity index (χ0v) is 12.8. The molecule has 1 N–H and O–H groups in total. The number of thiol groups is 1. The average Bonchev–Trinajstić information content (AvgIpc) is 2.53. The first kappa shape index (κ1) is 15.9. The Kier molecular flexibility index (Phi) is 5.67. The quantitative estimate of drug-likeness (QED) is 0.820. The molecule has 0 radical (unpaired) electrons. The lowest BCUT2D eigenvalue weighted by Gasteiger charge is -2.35. The van der Waals surface area contributed by atoms with Crippen LogP contribution in [0.25, 0.3) is 0 Å². The molecular formula is C16H21NO3S. The van der Waals surface area contributed by atoms with Crippen LogP contribution in [0.5, 0.6) is 0 Å². The van der Waals surface area contributed by atoms with Gasteiger partial charge in [0, 0.05) is 12.3 Å². The molecule has 4 nitrogen and oxygen atoms in total. The first-order valence-electron chi connectivity index (χ1n) is 7.31. The SMILES string of the molecule is O=C(O)[C@H]1CCCCN1C(=O)[C@@H](CS)Cc1ccccc1. The van der Waals surface area contributed by atoms with Crippen molar-refractivity contribution < 1.29 is 14.7 Å². The molecular weight excluding hydrogens is 286 g/mol. The second-order valence-electron chi connectivity index (χ2n) is 5.45. The van der Waals surface area contributed by atoms with Crippen molar-refractivity contribution in [2.45, 2.75) is 31.7 Å². The summed E-state index contributed by atoms with van der Waals surface area (Å²) in [5.41, 5.74) is 1.08. The van der Waals surface area contributed by atoms with E-state index < -0.39 is 12.0 Å². The smallest absolute Gasteiger partial charge is 0.326 e. The highest BCUT2D eigenvalue weighted by Crippen LogP contribution is 2.22. The van der Waals surface area contributed by atoms with Gasteiger partial charge in [-0.2, -0.15) is 12.6 Å². The number of nitrogens with zero attached hydrogens (tertiary/aromatic N) is 1. The summed E-state index contributed by atoms with van der Waals surface area (Å²) in [6.07, 6.45) is 2.89. The molecule has 0 unspecified atom stereocenters. The molecule has 2 rings (SSSR count). The summed E-state index contributed by atoms with van der Waals surface area (Å²) in [5, 5.41) is 9.29. The van der Waals surface area contributed by atoms with Crippen LogP contribution >= 0.6 is 12.6 Å². The molecule has 114 valence electrons. The van der Waals surface area contributed by atoms with E-state index in [1.54, 1.807) is 0 Å². The van der Waals surface area contributed by atoms with Gasteiger partial charge in [0.25, 0.3) is 0 Å². The third kappa shape index (κ3) is 4.00. The summed E-state index contributed by atoms with van der Waals surface area (Å²) in [4.78, 5) is 25.5. The molecule has 0 saturated carbocycles. The number of benzene rings is 1. The molecule has 1 saturated heterocycles. The van der Waals surface area contributed by atoms with Crippen LogP contribution in [0.1, 0.15) is 24.8 Å². The number of carboxylic acid groups (broad SMARTS) is 1. The monoisotopic (exact) mass is 307 g/mol. The van der Waals surface area contributed by atoms with E-state index in [1.165, 1.54) is 4.90 Å². The fourth-order valence-electron chi connectivity index (χ4n) is 2.82. The van der Waals surface area contributed by atoms with Crippen LogP contribution in [-0.4, -0.2) is 40.2 Å². The molecule has 0 aliphatic carbocycles. The molecule has 1 amide bonds. The van der Waals surface area contributed by atoms with E-state index in [4.69, 9.17) is 0 Å². The van der Waals surface area contributed by atoms with Crippen LogP contribution in [0, 0.1) is 5.92 Å². The lowest BCUT2D eigenvalue weighted by molar-refractivity contribution is -0.153. The van der Waals surface area contributed by atoms with Crippen molar-refractivity contribution in [1.82, 2.24) is 4.90 Å². The molecule has 1 aromatic carbocycles. The maximum absolute atomic E-state index is 12.7. The molecule has 2 atom stereocenters. The first-order valence-corrected chi connectivity index (χ1v) is 7.94. The number of carbonyl (C=O) groups is 2. The lowest BCUT2D eigenvalue weighted by atomic mass is 9.95. The lowest BCUT2D eigenvalue weighted by Crippen LogP contribution is -2.50. The van der Waals surface area contributed by atoms with Crippen molar-refractivity contribution in [2.75, 3.05) is 12.3 Å². The molecule has 5 heteroatoms. The standard InChI is InChI=1S/C16H21NO3S/c18-15(17-9-5-4-8-14(17)16(19)20)13(11-21)10-12-6-2-1-3-7-12/h1-3,6-7,13-14,21H,4-5,8-11H2,(H,19,20)/t13-,14-/m1/s1. The van der Waals surface area contributed by atoms with Gasteiger partial charge < -0.3 is 10.0 Å². The van der Waals surface area contributed by atoms with Gasteiger partial charge in [0.15, 0.2) is 0 Å². The normalized spacial score (nSPS) is 20.0. The molecule has 1 fully saturated rings. The van der Waals surface area contributed by atoms with Crippen LogP contribution < -0.4 is 0 Å². The van der Waals surface area contributed by atoms with Crippen LogP contribution in [-0.2, 0) is 16.0 Å². The summed E-state index contributed by atoms with van der Waals surface area (Å²) in [5.74, 6) is -0.825. The Morgan fingerprint density at radius 2 is 2.00 bits per heavy atom. The maximum Gasteiger partial charge on any atom is 0.326 e. The van der Waals surface area contributed by atoms with E-state index in [0.717, 1.165) is 18.4 Å². The van der Waals surface area contributed by atoms with E-state index in [0.29, 0.717) is 25.1 Å². The summed E-state index contributed by atoms with van der Waals surface area (Å²) < 4.78 is 0. The van der Waals surface area contributed by atoms with Crippen molar-refractivity contribution in [2.24, 2.45) is 5.92 Å². The highest BCUT2D eigenvalue weighted by molar-refractivity contribution is 7.80. The van der Waals surface area contributed by atoms with Crippen molar-refractivity contribution in [1.29, 1.82) is 0 Å². The van der Waals surface area contributed by atoms with Crippen molar-refractivity contribution >= 4 is 24.5 Å². The van der Waals surface area contributed by atoms with Gasteiger partial charge in [0.2, 0.25) is 5.91 Å². The van der Waals surface area contributed by atoms with Gasteiger partial charge in [0.05, 0.1) is 5.92 Å². The summed E-state index contributed by atoms with van der Waals surface area (Å²) >= 11 is 4.29. The number of amides is 1. The van der Waals surface area contributed by atoms with E-state index >= 15 is 0 Å². The Morgan fingerprint density at radius 1 is 1.29 bits per heavy atom. The zero-order chi connectivity index (χ0) is 15.2. The fraction of sp³-hybridized carbons (Fsp3) is 0.500.